The van der Waals surface area contributed by atoms with Crippen molar-refractivity contribution in [2.45, 2.75) is 6.54 Å². The highest BCUT2D eigenvalue weighted by molar-refractivity contribution is 9.10. The van der Waals surface area contributed by atoms with Gasteiger partial charge in [0.25, 0.3) is 5.91 Å². The van der Waals surface area contributed by atoms with Gasteiger partial charge in [0, 0.05) is 22.9 Å². The third-order valence-corrected chi connectivity index (χ3v) is 3.05. The number of nitrogens with one attached hydrogen (secondary N) is 1. The van der Waals surface area contributed by atoms with Crippen LogP contribution in [0.5, 0.6) is 0 Å². The van der Waals surface area contributed by atoms with E-state index in [1.807, 2.05) is 12.1 Å². The molecule has 5 N–H and O–H groups in total. The minimum Gasteiger partial charge on any atom is -0.396 e. The van der Waals surface area contributed by atoms with Gasteiger partial charge in [-0.1, -0.05) is 15.9 Å². The van der Waals surface area contributed by atoms with Crippen LogP contribution in [0.1, 0.15) is 10.4 Å². The highest BCUT2D eigenvalue weighted by atomic mass is 79.9. The Kier molecular flexibility index (Phi) is 4.06. The zero-order valence-corrected chi connectivity index (χ0v) is 11.7. The Hall–Kier alpha value is -2.02. The van der Waals surface area contributed by atoms with Gasteiger partial charge in [-0.2, -0.15) is 5.10 Å². The van der Waals surface area contributed by atoms with Crippen LogP contribution in [0.15, 0.2) is 35.1 Å². The van der Waals surface area contributed by atoms with E-state index in [9.17, 15) is 4.79 Å². The van der Waals surface area contributed by atoms with E-state index in [0.29, 0.717) is 30.0 Å². The fourth-order valence-corrected chi connectivity index (χ4v) is 2.04. The summed E-state index contributed by atoms with van der Waals surface area (Å²) in [7, 11) is 0. The van der Waals surface area contributed by atoms with Crippen molar-refractivity contribution in [3.8, 4) is 0 Å². The molecule has 2 rings (SSSR count). The molecule has 19 heavy (non-hydrogen) atoms. The smallest absolute Gasteiger partial charge is 0.250 e. The number of halogens is 1. The van der Waals surface area contributed by atoms with Crippen LogP contribution in [0.25, 0.3) is 0 Å². The summed E-state index contributed by atoms with van der Waals surface area (Å²) in [6, 6.07) is 5.35. The summed E-state index contributed by atoms with van der Waals surface area (Å²) in [4.78, 5) is 11.3. The first kappa shape index (κ1) is 13.4. The quantitative estimate of drug-likeness (QED) is 0.775. The zero-order chi connectivity index (χ0) is 13.8. The number of amides is 1. The second kappa shape index (κ2) is 5.75. The van der Waals surface area contributed by atoms with Gasteiger partial charge in [0.15, 0.2) is 0 Å². The molecule has 0 saturated carbocycles. The van der Waals surface area contributed by atoms with Crippen LogP contribution in [-0.4, -0.2) is 22.2 Å². The maximum atomic E-state index is 11.3. The molecule has 1 aromatic carbocycles. The molecule has 100 valence electrons. The Morgan fingerprint density at radius 1 is 1.47 bits per heavy atom. The molecule has 2 aromatic rings. The van der Waals surface area contributed by atoms with Crippen molar-refractivity contribution < 1.29 is 4.79 Å². The number of benzene rings is 1. The minimum atomic E-state index is -0.466. The molecule has 0 aliphatic heterocycles. The summed E-state index contributed by atoms with van der Waals surface area (Å²) in [6.07, 6.45) is 3.34. The molecule has 1 aromatic heterocycles. The highest BCUT2D eigenvalue weighted by Gasteiger charge is 2.08. The normalized spacial score (nSPS) is 10.4. The van der Waals surface area contributed by atoms with Crippen molar-refractivity contribution in [3.63, 3.8) is 0 Å². The van der Waals surface area contributed by atoms with Crippen LogP contribution in [-0.2, 0) is 6.54 Å². The first-order valence-corrected chi connectivity index (χ1v) is 6.47. The third kappa shape index (κ3) is 3.47. The molecule has 7 heteroatoms. The van der Waals surface area contributed by atoms with E-state index >= 15 is 0 Å². The highest BCUT2D eigenvalue weighted by Crippen LogP contribution is 2.20. The number of primary amides is 1. The van der Waals surface area contributed by atoms with Gasteiger partial charge in [-0.15, -0.1) is 0 Å². The maximum Gasteiger partial charge on any atom is 0.250 e. The van der Waals surface area contributed by atoms with E-state index in [1.54, 1.807) is 23.1 Å². The fourth-order valence-electron chi connectivity index (χ4n) is 1.68. The summed E-state index contributed by atoms with van der Waals surface area (Å²) in [5.74, 6) is -0.466. The van der Waals surface area contributed by atoms with Gasteiger partial charge in [-0.25, -0.2) is 0 Å². The van der Waals surface area contributed by atoms with E-state index in [0.717, 1.165) is 4.47 Å². The summed E-state index contributed by atoms with van der Waals surface area (Å²) < 4.78 is 2.54. The topological polar surface area (TPSA) is 99.0 Å². The SMILES string of the molecule is NC(=O)c1cc(Br)ccc1NCCn1cc(N)cn1. The van der Waals surface area contributed by atoms with Gasteiger partial charge in [-0.3, -0.25) is 9.48 Å². The fraction of sp³-hybridized carbons (Fsp3) is 0.167. The van der Waals surface area contributed by atoms with Crippen LogP contribution in [0.2, 0.25) is 0 Å². The molecule has 0 atom stereocenters. The standard InChI is InChI=1S/C12H14BrN5O/c13-8-1-2-11(10(5-8)12(15)19)16-3-4-18-7-9(14)6-17-18/h1-2,5-7,16H,3-4,14H2,(H2,15,19). The molecule has 0 unspecified atom stereocenters. The second-order valence-electron chi connectivity index (χ2n) is 4.02. The lowest BCUT2D eigenvalue weighted by Gasteiger charge is -2.10. The number of nitrogen functional groups attached to an aromatic ring is 1. The lowest BCUT2D eigenvalue weighted by Crippen LogP contribution is -2.17. The third-order valence-electron chi connectivity index (χ3n) is 2.56. The van der Waals surface area contributed by atoms with E-state index < -0.39 is 5.91 Å². The number of hydrogen-bond donors (Lipinski definition) is 3. The molecule has 0 aliphatic rings. The maximum absolute atomic E-state index is 11.3. The number of nitrogens with zero attached hydrogens (tertiary/aromatic N) is 2. The Morgan fingerprint density at radius 3 is 2.89 bits per heavy atom. The average Bonchev–Trinajstić information content (AvgIpc) is 2.77. The van der Waals surface area contributed by atoms with Gasteiger partial charge >= 0.3 is 0 Å². The molecule has 0 bridgehead atoms. The Labute approximate surface area is 118 Å². The second-order valence-corrected chi connectivity index (χ2v) is 4.93. The molecule has 0 fully saturated rings. The Balaban J connectivity index is 2.01. The van der Waals surface area contributed by atoms with Crippen LogP contribution < -0.4 is 16.8 Å². The number of nitrogens with two attached hydrogens (primary N) is 2. The summed E-state index contributed by atoms with van der Waals surface area (Å²) in [6.45, 7) is 1.26. The molecular weight excluding hydrogens is 310 g/mol. The van der Waals surface area contributed by atoms with Crippen LogP contribution in [0.3, 0.4) is 0 Å². The van der Waals surface area contributed by atoms with Crippen molar-refractivity contribution in [2.75, 3.05) is 17.6 Å². The van der Waals surface area contributed by atoms with E-state index in [2.05, 4.69) is 26.3 Å². The number of rotatable bonds is 5. The zero-order valence-electron chi connectivity index (χ0n) is 10.1. The summed E-state index contributed by atoms with van der Waals surface area (Å²) in [5, 5.41) is 7.23. The van der Waals surface area contributed by atoms with Crippen molar-refractivity contribution in [1.82, 2.24) is 9.78 Å². The van der Waals surface area contributed by atoms with Gasteiger partial charge in [-0.05, 0) is 18.2 Å². The number of carbonyl (C=O) groups is 1. The number of hydrogen-bond acceptors (Lipinski definition) is 4. The average molecular weight is 324 g/mol. The van der Waals surface area contributed by atoms with Crippen LogP contribution >= 0.6 is 15.9 Å². The molecular formula is C12H14BrN5O. The molecule has 0 spiro atoms. The van der Waals surface area contributed by atoms with E-state index in [4.69, 9.17) is 11.5 Å². The van der Waals surface area contributed by atoms with Gasteiger partial charge in [0.05, 0.1) is 24.0 Å². The Bertz CT molecular complexity index is 596. The van der Waals surface area contributed by atoms with Gasteiger partial charge < -0.3 is 16.8 Å². The lowest BCUT2D eigenvalue weighted by molar-refractivity contribution is 0.100. The van der Waals surface area contributed by atoms with E-state index in [-0.39, 0.29) is 0 Å². The lowest BCUT2D eigenvalue weighted by atomic mass is 10.1. The molecule has 0 aliphatic carbocycles. The molecule has 1 amide bonds. The van der Waals surface area contributed by atoms with Crippen molar-refractivity contribution in [2.24, 2.45) is 5.73 Å². The number of carbonyl (C=O) groups excluding carboxylic acids is 1. The molecule has 0 radical (unpaired) electrons. The van der Waals surface area contributed by atoms with Crippen molar-refractivity contribution in [3.05, 3.63) is 40.6 Å². The first-order chi connectivity index (χ1) is 9.06. The largest absolute Gasteiger partial charge is 0.396 e. The van der Waals surface area contributed by atoms with Crippen LogP contribution in [0.4, 0.5) is 11.4 Å². The van der Waals surface area contributed by atoms with Gasteiger partial charge in [0.2, 0.25) is 0 Å². The summed E-state index contributed by atoms with van der Waals surface area (Å²) in [5.41, 5.74) is 12.7. The van der Waals surface area contributed by atoms with Gasteiger partial charge in [0.1, 0.15) is 0 Å². The van der Waals surface area contributed by atoms with Crippen molar-refractivity contribution in [1.29, 1.82) is 0 Å². The van der Waals surface area contributed by atoms with Crippen LogP contribution in [0, 0.1) is 0 Å². The number of anilines is 2. The first-order valence-electron chi connectivity index (χ1n) is 5.67. The Morgan fingerprint density at radius 2 is 2.26 bits per heavy atom. The molecule has 1 heterocycles. The van der Waals surface area contributed by atoms with E-state index in [1.165, 1.54) is 0 Å². The minimum absolute atomic E-state index is 0.453. The number of aromatic nitrogens is 2. The predicted octanol–water partition coefficient (Wildman–Crippen LogP) is 1.44. The monoisotopic (exact) mass is 323 g/mol. The van der Waals surface area contributed by atoms with Crippen molar-refractivity contribution >= 4 is 33.2 Å². The molecule has 6 nitrogen and oxygen atoms in total. The summed E-state index contributed by atoms with van der Waals surface area (Å²) >= 11 is 3.31. The predicted molar refractivity (Wildman–Crippen MR) is 77.8 cm³/mol. The molecule has 0 saturated heterocycles.